The molecule has 6 heteroatoms. The van der Waals surface area contributed by atoms with Gasteiger partial charge < -0.3 is 19.7 Å². The van der Waals surface area contributed by atoms with E-state index in [0.29, 0.717) is 0 Å². The van der Waals surface area contributed by atoms with Crippen LogP contribution in [-0.4, -0.2) is 41.5 Å². The third kappa shape index (κ3) is 4.33. The third-order valence-corrected chi connectivity index (χ3v) is 2.14. The highest BCUT2D eigenvalue weighted by molar-refractivity contribution is 6.02. The smallest absolute Gasteiger partial charge is 0.339 e. The molecule has 0 saturated heterocycles. The van der Waals surface area contributed by atoms with E-state index in [9.17, 15) is 14.7 Å². The summed E-state index contributed by atoms with van der Waals surface area (Å²) in [4.78, 5) is 22.6. The number of carbonyl (C=O) groups is 2. The van der Waals surface area contributed by atoms with Gasteiger partial charge in [-0.2, -0.15) is 0 Å². The van der Waals surface area contributed by atoms with Crippen LogP contribution < -0.4 is 0 Å². The Bertz CT molecular complexity index is 502. The second kappa shape index (κ2) is 7.03. The number of carbonyl (C=O) groups excluding carboxylic acids is 1. The average Bonchev–Trinajstić information content (AvgIpc) is 2.42. The molecule has 0 aliphatic rings. The summed E-state index contributed by atoms with van der Waals surface area (Å²) in [6.07, 6.45) is 5.61. The quantitative estimate of drug-likeness (QED) is 0.574. The van der Waals surface area contributed by atoms with Crippen molar-refractivity contribution in [1.29, 1.82) is 0 Å². The highest BCUT2D eigenvalue weighted by Crippen LogP contribution is 2.10. The van der Waals surface area contributed by atoms with E-state index in [-0.39, 0.29) is 24.3 Å². The zero-order valence-corrected chi connectivity index (χ0v) is 9.91. The maximum absolute atomic E-state index is 11.7. The van der Waals surface area contributed by atoms with Crippen LogP contribution in [0.3, 0.4) is 0 Å². The monoisotopic (exact) mass is 264 g/mol. The van der Waals surface area contributed by atoms with Gasteiger partial charge in [-0.1, -0.05) is 18.6 Å². The lowest BCUT2D eigenvalue weighted by atomic mass is 10.1. The predicted molar refractivity (Wildman–Crippen MR) is 64.5 cm³/mol. The van der Waals surface area contributed by atoms with E-state index in [1.807, 2.05) is 6.11 Å². The van der Waals surface area contributed by atoms with Crippen molar-refractivity contribution < 1.29 is 29.3 Å². The van der Waals surface area contributed by atoms with Crippen LogP contribution in [0.15, 0.2) is 24.3 Å². The number of benzene rings is 1. The van der Waals surface area contributed by atoms with Gasteiger partial charge in [0.15, 0.2) is 0 Å². The van der Waals surface area contributed by atoms with Crippen LogP contribution in [-0.2, 0) is 9.47 Å². The molecule has 1 aromatic carbocycles. The van der Waals surface area contributed by atoms with Crippen LogP contribution in [0.25, 0.3) is 0 Å². The Morgan fingerprint density at radius 1 is 1.26 bits per heavy atom. The topological polar surface area (TPSA) is 93.1 Å². The minimum Gasteiger partial charge on any atom is -0.478 e. The van der Waals surface area contributed by atoms with E-state index >= 15 is 0 Å². The number of aliphatic hydroxyl groups is 1. The summed E-state index contributed by atoms with van der Waals surface area (Å²) in [7, 11) is 0. The van der Waals surface area contributed by atoms with E-state index in [1.165, 1.54) is 24.3 Å². The van der Waals surface area contributed by atoms with Crippen LogP contribution >= 0.6 is 0 Å². The lowest BCUT2D eigenvalue weighted by Gasteiger charge is -2.10. The van der Waals surface area contributed by atoms with Crippen LogP contribution in [0.1, 0.15) is 20.7 Å². The van der Waals surface area contributed by atoms with Gasteiger partial charge in [-0.15, -0.1) is 0 Å². The van der Waals surface area contributed by atoms with Crippen LogP contribution in [0.4, 0.5) is 0 Å². The summed E-state index contributed by atoms with van der Waals surface area (Å²) < 4.78 is 9.26. The zero-order valence-electron chi connectivity index (χ0n) is 9.91. The molecule has 0 radical (unpaired) electrons. The first kappa shape index (κ1) is 14.5. The first-order valence-corrected chi connectivity index (χ1v) is 5.31. The van der Waals surface area contributed by atoms with Crippen molar-refractivity contribution >= 4 is 11.9 Å². The van der Waals surface area contributed by atoms with Crippen LogP contribution in [0, 0.1) is 12.5 Å². The molecule has 0 bridgehead atoms. The lowest BCUT2D eigenvalue weighted by molar-refractivity contribution is 0.00893. The van der Waals surface area contributed by atoms with Gasteiger partial charge >= 0.3 is 11.9 Å². The van der Waals surface area contributed by atoms with Crippen molar-refractivity contribution in [2.75, 3.05) is 13.2 Å². The summed E-state index contributed by atoms with van der Waals surface area (Å²) in [5.41, 5.74) is -0.248. The van der Waals surface area contributed by atoms with Crippen molar-refractivity contribution in [2.24, 2.45) is 0 Å². The molecule has 0 aromatic heterocycles. The summed E-state index contributed by atoms with van der Waals surface area (Å²) in [6, 6.07) is 5.63. The Labute approximate surface area is 109 Å². The SMILES string of the molecule is C#COCC(O)COC(=O)c1ccccc1C(=O)O. The summed E-state index contributed by atoms with van der Waals surface area (Å²) in [6.45, 7) is -0.515. The number of rotatable bonds is 6. The molecule has 0 amide bonds. The number of carboxylic acid groups (broad SMARTS) is 1. The third-order valence-electron chi connectivity index (χ3n) is 2.14. The normalized spacial score (nSPS) is 11.2. The molecule has 1 unspecified atom stereocenters. The number of hydrogen-bond donors (Lipinski definition) is 2. The number of hydrogen-bond acceptors (Lipinski definition) is 5. The molecule has 0 saturated carbocycles. The molecule has 100 valence electrons. The highest BCUT2D eigenvalue weighted by Gasteiger charge is 2.18. The summed E-state index contributed by atoms with van der Waals surface area (Å²) >= 11 is 0. The fourth-order valence-corrected chi connectivity index (χ4v) is 1.29. The van der Waals surface area contributed by atoms with Crippen LogP contribution in [0.5, 0.6) is 0 Å². The van der Waals surface area contributed by atoms with E-state index in [0.717, 1.165) is 0 Å². The molecule has 0 aliphatic carbocycles. The first-order valence-electron chi connectivity index (χ1n) is 5.31. The maximum Gasteiger partial charge on any atom is 0.339 e. The lowest BCUT2D eigenvalue weighted by Crippen LogP contribution is -2.23. The first-order chi connectivity index (χ1) is 9.06. The predicted octanol–water partition coefficient (Wildman–Crippen LogP) is 0.510. The molecule has 19 heavy (non-hydrogen) atoms. The number of carboxylic acids is 1. The van der Waals surface area contributed by atoms with Gasteiger partial charge in [0.2, 0.25) is 0 Å². The maximum atomic E-state index is 11.7. The number of ether oxygens (including phenoxy) is 2. The molecule has 6 nitrogen and oxygen atoms in total. The van der Waals surface area contributed by atoms with E-state index in [4.69, 9.17) is 16.3 Å². The number of terminal acetylenes is 1. The van der Waals surface area contributed by atoms with Gasteiger partial charge in [0.1, 0.15) is 25.4 Å². The molecule has 0 spiro atoms. The van der Waals surface area contributed by atoms with Gasteiger partial charge in [0.25, 0.3) is 0 Å². The molecule has 1 rings (SSSR count). The molecular formula is C13H12O6. The fraction of sp³-hybridized carbons (Fsp3) is 0.231. The Kier molecular flexibility index (Phi) is 5.38. The Balaban J connectivity index is 2.64. The van der Waals surface area contributed by atoms with E-state index in [1.54, 1.807) is 0 Å². The van der Waals surface area contributed by atoms with Crippen molar-refractivity contribution in [3.05, 3.63) is 35.4 Å². The Morgan fingerprint density at radius 3 is 2.47 bits per heavy atom. The fourth-order valence-electron chi connectivity index (χ4n) is 1.29. The van der Waals surface area contributed by atoms with E-state index < -0.39 is 18.0 Å². The number of esters is 1. The van der Waals surface area contributed by atoms with Gasteiger partial charge in [-0.25, -0.2) is 9.59 Å². The van der Waals surface area contributed by atoms with Crippen molar-refractivity contribution in [3.63, 3.8) is 0 Å². The summed E-state index contributed by atoms with van der Waals surface area (Å²) in [5, 5.41) is 18.2. The van der Waals surface area contributed by atoms with Crippen molar-refractivity contribution in [2.45, 2.75) is 6.10 Å². The Morgan fingerprint density at radius 2 is 1.89 bits per heavy atom. The molecular weight excluding hydrogens is 252 g/mol. The number of aromatic carboxylic acids is 1. The molecule has 2 N–H and O–H groups in total. The van der Waals surface area contributed by atoms with Crippen molar-refractivity contribution in [3.8, 4) is 12.5 Å². The van der Waals surface area contributed by atoms with Gasteiger partial charge in [0, 0.05) is 0 Å². The second-order valence-corrected chi connectivity index (χ2v) is 3.53. The average molecular weight is 264 g/mol. The molecule has 0 fully saturated rings. The zero-order chi connectivity index (χ0) is 14.3. The van der Waals surface area contributed by atoms with Gasteiger partial charge in [0.05, 0.1) is 11.1 Å². The van der Waals surface area contributed by atoms with Crippen LogP contribution in [0.2, 0.25) is 0 Å². The van der Waals surface area contributed by atoms with E-state index in [2.05, 4.69) is 4.74 Å². The highest BCUT2D eigenvalue weighted by atomic mass is 16.5. The minimum atomic E-state index is -1.23. The minimum absolute atomic E-state index is 0.0833. The summed E-state index contributed by atoms with van der Waals surface area (Å²) in [5.74, 6) is -2.07. The largest absolute Gasteiger partial charge is 0.478 e. The molecule has 0 heterocycles. The standard InChI is InChI=1S/C13H12O6/c1-2-18-7-9(14)8-19-13(17)11-6-4-3-5-10(11)12(15)16/h1,3-6,9,14H,7-8H2,(H,15,16). The molecule has 1 atom stereocenters. The molecule has 1 aromatic rings. The Hall–Kier alpha value is -2.52. The van der Waals surface area contributed by atoms with Crippen molar-refractivity contribution in [1.82, 2.24) is 0 Å². The van der Waals surface area contributed by atoms with Gasteiger partial charge in [-0.3, -0.25) is 0 Å². The molecule has 0 aliphatic heterocycles. The number of aliphatic hydroxyl groups excluding tert-OH is 1. The van der Waals surface area contributed by atoms with Gasteiger partial charge in [-0.05, 0) is 12.1 Å². The second-order valence-electron chi connectivity index (χ2n) is 3.53.